The van der Waals surface area contributed by atoms with Gasteiger partial charge in [0.2, 0.25) is 0 Å². The molecule has 3 atom stereocenters. The number of pyridine rings is 1. The lowest BCUT2D eigenvalue weighted by Gasteiger charge is -2.34. The number of ether oxygens (including phenoxy) is 2. The molecule has 0 bridgehead atoms. The maximum atomic E-state index is 10.2. The van der Waals surface area contributed by atoms with E-state index < -0.39 is 6.10 Å². The third-order valence-corrected chi connectivity index (χ3v) is 6.54. The van der Waals surface area contributed by atoms with Crippen LogP contribution < -0.4 is 4.90 Å². The van der Waals surface area contributed by atoms with Gasteiger partial charge in [-0.1, -0.05) is 0 Å². The van der Waals surface area contributed by atoms with Gasteiger partial charge in [-0.3, -0.25) is 4.68 Å². The lowest BCUT2D eigenvalue weighted by molar-refractivity contribution is -0.0393. The van der Waals surface area contributed by atoms with Gasteiger partial charge in [0.25, 0.3) is 0 Å². The van der Waals surface area contributed by atoms with Gasteiger partial charge in [0.05, 0.1) is 30.9 Å². The molecular formula is C24H34N6O3. The van der Waals surface area contributed by atoms with E-state index in [1.165, 1.54) is 0 Å². The highest BCUT2D eigenvalue weighted by Gasteiger charge is 2.26. The van der Waals surface area contributed by atoms with Gasteiger partial charge in [0.1, 0.15) is 29.0 Å². The lowest BCUT2D eigenvalue weighted by atomic mass is 10.1. The lowest BCUT2D eigenvalue weighted by Crippen LogP contribution is -2.44. The van der Waals surface area contributed by atoms with Crippen LogP contribution in [0.4, 0.5) is 5.82 Å². The van der Waals surface area contributed by atoms with Crippen LogP contribution in [-0.4, -0.2) is 68.2 Å². The number of fused-ring (bicyclic) bond motifs is 1. The molecule has 0 radical (unpaired) electrons. The van der Waals surface area contributed by atoms with Crippen LogP contribution in [0.3, 0.4) is 0 Å². The Morgan fingerprint density at radius 1 is 1.24 bits per heavy atom. The highest BCUT2D eigenvalue weighted by molar-refractivity contribution is 5.92. The number of aliphatic hydroxyl groups is 1. The van der Waals surface area contributed by atoms with Crippen molar-refractivity contribution in [2.45, 2.75) is 71.4 Å². The van der Waals surface area contributed by atoms with E-state index >= 15 is 0 Å². The molecule has 0 aromatic carbocycles. The highest BCUT2D eigenvalue weighted by atomic mass is 16.5. The molecule has 0 amide bonds. The molecule has 0 aliphatic carbocycles. The zero-order valence-corrected chi connectivity index (χ0v) is 19.8. The maximum Gasteiger partial charge on any atom is 0.150 e. The number of aromatic nitrogens is 5. The van der Waals surface area contributed by atoms with E-state index in [-0.39, 0.29) is 12.3 Å². The summed E-state index contributed by atoms with van der Waals surface area (Å²) in [5, 5.41) is 20.0. The molecule has 2 aliphatic rings. The Bertz CT molecular complexity index is 1100. The van der Waals surface area contributed by atoms with E-state index in [9.17, 15) is 5.11 Å². The quantitative estimate of drug-likeness (QED) is 0.612. The zero-order chi connectivity index (χ0) is 22.9. The summed E-state index contributed by atoms with van der Waals surface area (Å²) < 4.78 is 15.5. The van der Waals surface area contributed by atoms with Crippen LogP contribution in [-0.2, 0) is 22.4 Å². The van der Waals surface area contributed by atoms with Gasteiger partial charge in [-0.2, -0.15) is 10.2 Å². The number of rotatable bonds is 6. The number of aryl methyl sites for hydroxylation is 1. The number of anilines is 1. The summed E-state index contributed by atoms with van der Waals surface area (Å²) in [5.41, 5.74) is 4.43. The maximum absolute atomic E-state index is 10.2. The second kappa shape index (κ2) is 9.40. The number of hydrogen-bond donors (Lipinski definition) is 1. The number of nitrogens with zero attached hydrogens (tertiary/aromatic N) is 6. The van der Waals surface area contributed by atoms with Crippen molar-refractivity contribution in [2.75, 3.05) is 31.3 Å². The van der Waals surface area contributed by atoms with E-state index in [0.717, 1.165) is 66.2 Å². The molecule has 2 fully saturated rings. The van der Waals surface area contributed by atoms with Crippen LogP contribution in [0.2, 0.25) is 0 Å². The molecule has 3 aromatic rings. The van der Waals surface area contributed by atoms with Gasteiger partial charge < -0.3 is 19.5 Å². The highest BCUT2D eigenvalue weighted by Crippen LogP contribution is 2.33. The molecule has 0 saturated carbocycles. The van der Waals surface area contributed by atoms with E-state index in [2.05, 4.69) is 24.8 Å². The van der Waals surface area contributed by atoms with Crippen molar-refractivity contribution in [1.82, 2.24) is 24.5 Å². The van der Waals surface area contributed by atoms with Gasteiger partial charge in [-0.15, -0.1) is 0 Å². The van der Waals surface area contributed by atoms with Crippen molar-refractivity contribution in [3.8, 4) is 11.4 Å². The van der Waals surface area contributed by atoms with Crippen LogP contribution in [0.5, 0.6) is 0 Å². The van der Waals surface area contributed by atoms with Crippen molar-refractivity contribution < 1.29 is 14.6 Å². The molecule has 9 heteroatoms. The molecular weight excluding hydrogens is 420 g/mol. The average molecular weight is 455 g/mol. The van der Waals surface area contributed by atoms with Crippen LogP contribution >= 0.6 is 0 Å². The Kier molecular flexibility index (Phi) is 6.36. The normalized spacial score (nSPS) is 22.7. The van der Waals surface area contributed by atoms with Gasteiger partial charge >= 0.3 is 0 Å². The average Bonchev–Trinajstić information content (AvgIpc) is 3.44. The van der Waals surface area contributed by atoms with Gasteiger partial charge in [-0.25, -0.2) is 9.67 Å². The summed E-state index contributed by atoms with van der Waals surface area (Å²) in [6, 6.07) is 4.35. The Hall–Kier alpha value is -2.49. The van der Waals surface area contributed by atoms with Gasteiger partial charge in [0, 0.05) is 32.3 Å². The van der Waals surface area contributed by atoms with E-state index in [0.29, 0.717) is 26.2 Å². The minimum atomic E-state index is -0.461. The first-order valence-corrected chi connectivity index (χ1v) is 12.1. The molecule has 1 N–H and O–H groups in total. The van der Waals surface area contributed by atoms with E-state index in [1.807, 2.05) is 28.6 Å². The second-order valence-corrected chi connectivity index (χ2v) is 9.17. The minimum absolute atomic E-state index is 0.0180. The summed E-state index contributed by atoms with van der Waals surface area (Å²) in [4.78, 5) is 7.40. The summed E-state index contributed by atoms with van der Waals surface area (Å²) >= 11 is 0. The summed E-state index contributed by atoms with van der Waals surface area (Å²) in [7, 11) is 0. The molecule has 3 aromatic heterocycles. The zero-order valence-electron chi connectivity index (χ0n) is 19.8. The van der Waals surface area contributed by atoms with E-state index in [1.54, 1.807) is 0 Å². The molecule has 2 saturated heterocycles. The van der Waals surface area contributed by atoms with Crippen LogP contribution in [0.1, 0.15) is 51.8 Å². The first-order chi connectivity index (χ1) is 16.0. The first kappa shape index (κ1) is 22.3. The predicted molar refractivity (Wildman–Crippen MR) is 126 cm³/mol. The van der Waals surface area contributed by atoms with Crippen molar-refractivity contribution in [1.29, 1.82) is 0 Å². The van der Waals surface area contributed by atoms with Crippen LogP contribution in [0.25, 0.3) is 22.4 Å². The Morgan fingerprint density at radius 3 is 2.85 bits per heavy atom. The summed E-state index contributed by atoms with van der Waals surface area (Å²) in [5.74, 6) is 0.904. The molecule has 5 heterocycles. The monoisotopic (exact) mass is 454 g/mol. The van der Waals surface area contributed by atoms with Crippen LogP contribution in [0.15, 0.2) is 18.3 Å². The number of morpholine rings is 1. The first-order valence-electron chi connectivity index (χ1n) is 12.1. The largest absolute Gasteiger partial charge is 0.393 e. The Morgan fingerprint density at radius 2 is 2.12 bits per heavy atom. The molecule has 9 nitrogen and oxygen atoms in total. The third kappa shape index (κ3) is 4.37. The Labute approximate surface area is 194 Å². The van der Waals surface area contributed by atoms with Crippen LogP contribution in [0, 0.1) is 0 Å². The number of aliphatic hydroxyl groups excluding tert-OH is 1. The fourth-order valence-electron chi connectivity index (χ4n) is 4.89. The third-order valence-electron chi connectivity index (χ3n) is 6.54. The molecule has 2 unspecified atom stereocenters. The summed E-state index contributed by atoms with van der Waals surface area (Å²) in [6.45, 7) is 9.70. The molecule has 33 heavy (non-hydrogen) atoms. The second-order valence-electron chi connectivity index (χ2n) is 9.17. The fraction of sp³-hybridized carbons (Fsp3) is 0.625. The van der Waals surface area contributed by atoms with Crippen molar-refractivity contribution >= 4 is 16.9 Å². The standard InChI is InChI=1S/C24H34N6O3/c1-4-29-24-18(13-17(3)31)14-20(28-10-12-32-15-16(28)2)25-23(24)22(27-29)19-8-9-30(26-19)21-7-5-6-11-33-21/h8-9,14,16-17,21,31H,4-7,10-13,15H2,1-3H3/t16-,17?,21?/m1/s1. The van der Waals surface area contributed by atoms with Crippen molar-refractivity contribution in [2.24, 2.45) is 0 Å². The fourth-order valence-corrected chi connectivity index (χ4v) is 4.89. The van der Waals surface area contributed by atoms with Gasteiger partial charge in [-0.05, 0) is 57.7 Å². The van der Waals surface area contributed by atoms with Crippen molar-refractivity contribution in [3.05, 3.63) is 23.9 Å². The topological polar surface area (TPSA) is 90.5 Å². The summed E-state index contributed by atoms with van der Waals surface area (Å²) in [6.07, 6.45) is 5.27. The van der Waals surface area contributed by atoms with Crippen molar-refractivity contribution in [3.63, 3.8) is 0 Å². The van der Waals surface area contributed by atoms with E-state index in [4.69, 9.17) is 24.7 Å². The Balaban J connectivity index is 1.63. The molecule has 2 aliphatic heterocycles. The SMILES string of the molecule is CCn1nc(-c2ccn(C3CCCCO3)n2)c2nc(N3CCOC[C@H]3C)cc(CC(C)O)c21. The molecule has 178 valence electrons. The molecule has 0 spiro atoms. The number of hydrogen-bond acceptors (Lipinski definition) is 7. The van der Waals surface area contributed by atoms with Gasteiger partial charge in [0.15, 0.2) is 0 Å². The predicted octanol–water partition coefficient (Wildman–Crippen LogP) is 3.16. The molecule has 5 rings (SSSR count). The minimum Gasteiger partial charge on any atom is -0.393 e. The smallest absolute Gasteiger partial charge is 0.150 e.